The van der Waals surface area contributed by atoms with Gasteiger partial charge in [0.1, 0.15) is 23.5 Å². The minimum absolute atomic E-state index is 0.164. The molecule has 42 heavy (non-hydrogen) atoms. The number of ether oxygens (including phenoxy) is 1. The van der Waals surface area contributed by atoms with Gasteiger partial charge in [0.25, 0.3) is 0 Å². The first kappa shape index (κ1) is 31.5. The number of benzene rings is 2. The summed E-state index contributed by atoms with van der Waals surface area (Å²) in [7, 11) is 0. The Morgan fingerprint density at radius 1 is 0.976 bits per heavy atom. The van der Waals surface area contributed by atoms with E-state index < -0.39 is 29.5 Å². The van der Waals surface area contributed by atoms with E-state index >= 15 is 0 Å². The molecule has 2 aromatic rings. The molecule has 2 aliphatic rings. The van der Waals surface area contributed by atoms with Crippen LogP contribution in [0.2, 0.25) is 0 Å². The molecule has 2 atom stereocenters. The Kier molecular flexibility index (Phi) is 11.4. The lowest BCUT2D eigenvalue weighted by atomic mass is 10.00. The third-order valence-corrected chi connectivity index (χ3v) is 7.81. The molecule has 228 valence electrons. The number of likely N-dealkylation sites (tertiary alicyclic amines) is 2. The third kappa shape index (κ3) is 8.54. The van der Waals surface area contributed by atoms with E-state index in [1.165, 1.54) is 29.9 Å². The monoisotopic (exact) mass is 588 g/mol. The van der Waals surface area contributed by atoms with Gasteiger partial charge in [-0.2, -0.15) is 0 Å². The smallest absolute Gasteiger partial charge is 0.243 e. The first-order valence-electron chi connectivity index (χ1n) is 14.6. The van der Waals surface area contributed by atoms with E-state index in [9.17, 15) is 27.6 Å². The van der Waals surface area contributed by atoms with Gasteiger partial charge < -0.3 is 25.2 Å². The van der Waals surface area contributed by atoms with Crippen LogP contribution in [0.25, 0.3) is 11.1 Å². The van der Waals surface area contributed by atoms with E-state index in [1.807, 2.05) is 0 Å². The summed E-state index contributed by atoms with van der Waals surface area (Å²) in [6, 6.07) is 6.43. The second-order valence-corrected chi connectivity index (χ2v) is 10.9. The quantitative estimate of drug-likeness (QED) is 0.346. The highest BCUT2D eigenvalue weighted by Crippen LogP contribution is 2.28. The van der Waals surface area contributed by atoms with Crippen molar-refractivity contribution in [2.45, 2.75) is 57.5 Å². The van der Waals surface area contributed by atoms with E-state index in [4.69, 9.17) is 4.74 Å². The Labute approximate surface area is 244 Å². The van der Waals surface area contributed by atoms with Crippen molar-refractivity contribution in [3.05, 3.63) is 59.4 Å². The van der Waals surface area contributed by atoms with Gasteiger partial charge in [-0.1, -0.05) is 24.3 Å². The molecule has 0 aromatic heterocycles. The Hall–Kier alpha value is -3.44. The molecule has 8 nitrogen and oxygen atoms in total. The van der Waals surface area contributed by atoms with E-state index in [2.05, 4.69) is 15.5 Å². The van der Waals surface area contributed by atoms with Crippen LogP contribution in [0.15, 0.2) is 36.4 Å². The molecule has 0 aliphatic carbocycles. The first-order valence-corrected chi connectivity index (χ1v) is 14.6. The molecule has 2 aliphatic heterocycles. The largest absolute Gasteiger partial charge is 0.381 e. The van der Waals surface area contributed by atoms with Gasteiger partial charge in [0, 0.05) is 38.2 Å². The van der Waals surface area contributed by atoms with Gasteiger partial charge in [0.2, 0.25) is 17.7 Å². The second-order valence-electron chi connectivity index (χ2n) is 10.9. The Bertz CT molecular complexity index is 1210. The van der Waals surface area contributed by atoms with Gasteiger partial charge in [-0.25, -0.2) is 13.2 Å². The molecule has 0 unspecified atom stereocenters. The molecule has 4 rings (SSSR count). The van der Waals surface area contributed by atoms with Crippen molar-refractivity contribution in [2.24, 2.45) is 0 Å². The highest BCUT2D eigenvalue weighted by atomic mass is 19.1. The summed E-state index contributed by atoms with van der Waals surface area (Å²) in [6.07, 6.45) is 4.78. The molecule has 2 N–H and O–H groups in total. The fraction of sp³-hybridized carbons (Fsp3) is 0.516. The summed E-state index contributed by atoms with van der Waals surface area (Å²) in [5.41, 5.74) is 0.606. The third-order valence-electron chi connectivity index (χ3n) is 7.81. The van der Waals surface area contributed by atoms with Crippen LogP contribution in [0.5, 0.6) is 0 Å². The molecular weight excluding hydrogens is 549 g/mol. The van der Waals surface area contributed by atoms with Crippen molar-refractivity contribution in [3.63, 3.8) is 0 Å². The van der Waals surface area contributed by atoms with Crippen molar-refractivity contribution in [1.29, 1.82) is 0 Å². The van der Waals surface area contributed by atoms with E-state index in [0.29, 0.717) is 50.3 Å². The maximum Gasteiger partial charge on any atom is 0.243 e. The summed E-state index contributed by atoms with van der Waals surface area (Å²) in [5, 5.41) is 5.53. The molecule has 0 radical (unpaired) electrons. The van der Waals surface area contributed by atoms with Crippen molar-refractivity contribution < 1.29 is 32.3 Å². The zero-order chi connectivity index (χ0) is 30.1. The molecule has 3 amide bonds. The number of carbonyl (C=O) groups excluding carboxylic acids is 3. The first-order chi connectivity index (χ1) is 20.2. The Balaban J connectivity index is 1.19. The Morgan fingerprint density at radius 3 is 2.36 bits per heavy atom. The van der Waals surface area contributed by atoms with Gasteiger partial charge in [-0.05, 0) is 63.2 Å². The van der Waals surface area contributed by atoms with E-state index in [-0.39, 0.29) is 41.8 Å². The number of hydrogen-bond donors (Lipinski definition) is 2. The van der Waals surface area contributed by atoms with Crippen LogP contribution in [-0.4, -0.2) is 79.5 Å². The number of nitrogens with one attached hydrogen (secondary N) is 2. The van der Waals surface area contributed by atoms with Gasteiger partial charge >= 0.3 is 0 Å². The van der Waals surface area contributed by atoms with Gasteiger partial charge in [-0.3, -0.25) is 14.4 Å². The highest BCUT2D eigenvalue weighted by Gasteiger charge is 2.34. The van der Waals surface area contributed by atoms with Crippen molar-refractivity contribution in [3.8, 4) is 11.1 Å². The summed E-state index contributed by atoms with van der Waals surface area (Å²) in [6.45, 7) is 6.20. The van der Waals surface area contributed by atoms with Crippen LogP contribution in [-0.2, 0) is 19.1 Å². The van der Waals surface area contributed by atoms with E-state index in [1.54, 1.807) is 19.1 Å². The van der Waals surface area contributed by atoms with Gasteiger partial charge in [-0.15, -0.1) is 0 Å². The lowest BCUT2D eigenvalue weighted by Crippen LogP contribution is -2.49. The van der Waals surface area contributed by atoms with Crippen LogP contribution >= 0.6 is 0 Å². The van der Waals surface area contributed by atoms with E-state index in [0.717, 1.165) is 26.1 Å². The number of halogens is 3. The topological polar surface area (TPSA) is 91.0 Å². The summed E-state index contributed by atoms with van der Waals surface area (Å²) in [5.74, 6) is -3.91. The molecule has 0 saturated carbocycles. The van der Waals surface area contributed by atoms with Gasteiger partial charge in [0.15, 0.2) is 0 Å². The summed E-state index contributed by atoms with van der Waals surface area (Å²) in [4.78, 5) is 42.0. The van der Waals surface area contributed by atoms with Crippen LogP contribution in [0.3, 0.4) is 0 Å². The molecule has 2 aromatic carbocycles. The fourth-order valence-electron chi connectivity index (χ4n) is 5.51. The molecule has 2 saturated heterocycles. The molecule has 11 heteroatoms. The standard InChI is InChI=1S/C31H39F3N4O4/c1-21(22-7-9-23(10-8-22)30-25(33)18-24(32)19-26(30)34)36-31(41)27-6-4-15-38(27)29(40)20-35-28(39)11-17-42-16-5-14-37-12-2-3-13-37/h7-10,18-19,21,27H,2-6,11-17,20H2,1H3,(H,35,39)(H,36,41)/t21-,27-/m0/s1. The molecule has 0 spiro atoms. The number of nitrogens with zero attached hydrogens (tertiary/aromatic N) is 2. The predicted molar refractivity (Wildman–Crippen MR) is 152 cm³/mol. The molecular formula is C31H39F3N4O4. The number of carbonyl (C=O) groups is 3. The summed E-state index contributed by atoms with van der Waals surface area (Å²) < 4.78 is 47.1. The van der Waals surface area contributed by atoms with Crippen LogP contribution < -0.4 is 10.6 Å². The average Bonchev–Trinajstić information content (AvgIpc) is 3.66. The fourth-order valence-corrected chi connectivity index (χ4v) is 5.51. The minimum atomic E-state index is -1.000. The second kappa shape index (κ2) is 15.2. The lowest BCUT2D eigenvalue weighted by Gasteiger charge is -2.26. The van der Waals surface area contributed by atoms with Crippen molar-refractivity contribution in [1.82, 2.24) is 20.4 Å². The molecule has 2 fully saturated rings. The predicted octanol–water partition coefficient (Wildman–Crippen LogP) is 3.95. The normalized spacial score (nSPS) is 17.8. The lowest BCUT2D eigenvalue weighted by molar-refractivity contribution is -0.139. The highest BCUT2D eigenvalue weighted by molar-refractivity contribution is 5.90. The number of rotatable bonds is 13. The zero-order valence-electron chi connectivity index (χ0n) is 24.0. The maximum absolute atomic E-state index is 14.1. The van der Waals surface area contributed by atoms with Crippen LogP contribution in [0.1, 0.15) is 57.1 Å². The van der Waals surface area contributed by atoms with Crippen molar-refractivity contribution >= 4 is 17.7 Å². The Morgan fingerprint density at radius 2 is 1.67 bits per heavy atom. The molecule has 2 heterocycles. The molecule has 0 bridgehead atoms. The van der Waals surface area contributed by atoms with Gasteiger partial charge in [0.05, 0.1) is 24.8 Å². The number of hydrogen-bond acceptors (Lipinski definition) is 5. The summed E-state index contributed by atoms with van der Waals surface area (Å²) >= 11 is 0. The minimum Gasteiger partial charge on any atom is -0.381 e. The van der Waals surface area contributed by atoms with Crippen LogP contribution in [0.4, 0.5) is 13.2 Å². The maximum atomic E-state index is 14.1. The number of amides is 3. The van der Waals surface area contributed by atoms with Crippen molar-refractivity contribution in [2.75, 3.05) is 45.9 Å². The average molecular weight is 589 g/mol. The zero-order valence-corrected chi connectivity index (χ0v) is 24.0. The SMILES string of the molecule is C[C@H](NC(=O)[C@@H]1CCCN1C(=O)CNC(=O)CCOCCCN1CCCC1)c1ccc(-c2c(F)cc(F)cc2F)cc1. The van der Waals surface area contributed by atoms with Crippen LogP contribution in [0, 0.1) is 17.5 Å².